The van der Waals surface area contributed by atoms with Crippen LogP contribution in [-0.2, 0) is 0 Å². The summed E-state index contributed by atoms with van der Waals surface area (Å²) in [5, 5.41) is 9.23. The maximum Gasteiger partial charge on any atom is 0.165 e. The molecule has 0 spiro atoms. The van der Waals surface area contributed by atoms with Crippen LogP contribution < -0.4 is 5.73 Å². The third-order valence-electron chi connectivity index (χ3n) is 1.65. The molecule has 1 atom stereocenters. The summed E-state index contributed by atoms with van der Waals surface area (Å²) in [6, 6.07) is 1.12. The number of benzene rings is 1. The zero-order valence-corrected chi connectivity index (χ0v) is 8.58. The number of aromatic hydroxyl groups is 1. The van der Waals surface area contributed by atoms with Gasteiger partial charge in [-0.25, -0.2) is 8.78 Å². The Hall–Kier alpha value is -0.580. The number of hydrogen-bond acceptors (Lipinski definition) is 2. The molecule has 1 rings (SSSR count). The lowest BCUT2D eigenvalue weighted by molar-refractivity contribution is 0.396. The van der Waals surface area contributed by atoms with Crippen molar-refractivity contribution < 1.29 is 13.9 Å². The first kappa shape index (κ1) is 13.4. The van der Waals surface area contributed by atoms with E-state index in [2.05, 4.69) is 0 Å². The number of phenols is 1. The van der Waals surface area contributed by atoms with Gasteiger partial charge in [0.2, 0.25) is 0 Å². The Morgan fingerprint density at radius 2 is 2.07 bits per heavy atom. The van der Waals surface area contributed by atoms with Crippen LogP contribution in [0, 0.1) is 5.82 Å². The predicted molar refractivity (Wildman–Crippen MR) is 53.2 cm³/mol. The van der Waals surface area contributed by atoms with Crippen LogP contribution in [0.25, 0.3) is 0 Å². The third-order valence-corrected chi connectivity index (χ3v) is 1.98. The van der Waals surface area contributed by atoms with Crippen LogP contribution in [-0.4, -0.2) is 11.8 Å². The van der Waals surface area contributed by atoms with Crippen LogP contribution in [0.5, 0.6) is 5.75 Å². The molecule has 1 aromatic carbocycles. The van der Waals surface area contributed by atoms with Gasteiger partial charge in [-0.05, 0) is 12.1 Å². The minimum Gasteiger partial charge on any atom is -0.505 e. The average molecular weight is 244 g/mol. The van der Waals surface area contributed by atoms with E-state index < -0.39 is 24.3 Å². The van der Waals surface area contributed by atoms with Gasteiger partial charge in [0, 0.05) is 10.6 Å². The van der Waals surface area contributed by atoms with Gasteiger partial charge in [0.05, 0.1) is 6.04 Å². The molecule has 0 amide bonds. The summed E-state index contributed by atoms with van der Waals surface area (Å²) in [4.78, 5) is 0. The van der Waals surface area contributed by atoms with Crippen molar-refractivity contribution in [3.05, 3.63) is 28.5 Å². The van der Waals surface area contributed by atoms with Crippen LogP contribution in [0.15, 0.2) is 12.1 Å². The largest absolute Gasteiger partial charge is 0.505 e. The smallest absolute Gasteiger partial charge is 0.165 e. The quantitative estimate of drug-likeness (QED) is 0.839. The highest BCUT2D eigenvalue weighted by Gasteiger charge is 2.17. The van der Waals surface area contributed by atoms with Crippen molar-refractivity contribution in [2.45, 2.75) is 6.04 Å². The number of alkyl halides is 1. The van der Waals surface area contributed by atoms with E-state index in [1.165, 1.54) is 6.07 Å². The van der Waals surface area contributed by atoms with Gasteiger partial charge < -0.3 is 10.8 Å². The fourth-order valence-electron chi connectivity index (χ4n) is 0.987. The Labute approximate surface area is 91.1 Å². The first-order chi connectivity index (χ1) is 6.07. The van der Waals surface area contributed by atoms with E-state index in [1.807, 2.05) is 0 Å². The lowest BCUT2D eigenvalue weighted by atomic mass is 10.1. The molecule has 0 aromatic heterocycles. The van der Waals surface area contributed by atoms with Crippen molar-refractivity contribution in [3.63, 3.8) is 0 Å². The van der Waals surface area contributed by atoms with Gasteiger partial charge in [0.25, 0.3) is 0 Å². The summed E-state index contributed by atoms with van der Waals surface area (Å²) in [6.07, 6.45) is 0. The van der Waals surface area contributed by atoms with E-state index in [9.17, 15) is 13.9 Å². The third kappa shape index (κ3) is 2.47. The SMILES string of the molecule is Cl.N[C@H](CF)c1c(Cl)ccc(F)c1O. The Bertz CT molecular complexity index is 322. The standard InChI is InChI=1S/C8H8ClF2NO.ClH/c9-4-1-2-5(11)8(13)7(4)6(12)3-10;/h1-2,6,13H,3,12H2;1H/t6-;/m1./s1. The Morgan fingerprint density at radius 3 is 2.57 bits per heavy atom. The Kier molecular flexibility index (Phi) is 5.12. The molecule has 14 heavy (non-hydrogen) atoms. The first-order valence-corrected chi connectivity index (χ1v) is 3.94. The summed E-state index contributed by atoms with van der Waals surface area (Å²) in [5.41, 5.74) is 5.19. The van der Waals surface area contributed by atoms with E-state index in [1.54, 1.807) is 0 Å². The second kappa shape index (κ2) is 5.34. The zero-order chi connectivity index (χ0) is 10.0. The van der Waals surface area contributed by atoms with Crippen molar-refractivity contribution in [2.75, 3.05) is 6.67 Å². The van der Waals surface area contributed by atoms with Crippen molar-refractivity contribution in [3.8, 4) is 5.75 Å². The number of phenolic OH excluding ortho intramolecular Hbond substituents is 1. The summed E-state index contributed by atoms with van der Waals surface area (Å²) in [5.74, 6) is -1.54. The Morgan fingerprint density at radius 1 is 1.50 bits per heavy atom. The molecular formula is C8H9Cl2F2NO. The molecule has 1 aromatic rings. The number of hydrogen-bond donors (Lipinski definition) is 2. The van der Waals surface area contributed by atoms with Crippen LogP contribution in [0.1, 0.15) is 11.6 Å². The molecule has 0 radical (unpaired) electrons. The van der Waals surface area contributed by atoms with Gasteiger partial charge in [0.15, 0.2) is 11.6 Å². The van der Waals surface area contributed by atoms with Crippen LogP contribution in [0.2, 0.25) is 5.02 Å². The lowest BCUT2D eigenvalue weighted by Crippen LogP contribution is -2.13. The highest BCUT2D eigenvalue weighted by molar-refractivity contribution is 6.31. The molecule has 0 aliphatic carbocycles. The molecule has 2 nitrogen and oxygen atoms in total. The lowest BCUT2D eigenvalue weighted by Gasteiger charge is -2.11. The molecule has 80 valence electrons. The molecule has 0 heterocycles. The minimum absolute atomic E-state index is 0. The molecule has 0 saturated heterocycles. The highest BCUT2D eigenvalue weighted by atomic mass is 35.5. The van der Waals surface area contributed by atoms with Gasteiger partial charge >= 0.3 is 0 Å². The van der Waals surface area contributed by atoms with Crippen molar-refractivity contribution in [2.24, 2.45) is 5.73 Å². The van der Waals surface area contributed by atoms with Gasteiger partial charge in [-0.15, -0.1) is 12.4 Å². The maximum atomic E-state index is 12.8. The molecule has 0 saturated carbocycles. The van der Waals surface area contributed by atoms with Crippen LogP contribution >= 0.6 is 24.0 Å². The number of nitrogens with two attached hydrogens (primary N) is 1. The van der Waals surface area contributed by atoms with Gasteiger partial charge in [-0.1, -0.05) is 11.6 Å². The minimum atomic E-state index is -1.09. The maximum absolute atomic E-state index is 12.8. The summed E-state index contributed by atoms with van der Waals surface area (Å²) in [7, 11) is 0. The highest BCUT2D eigenvalue weighted by Crippen LogP contribution is 2.32. The molecule has 0 unspecified atom stereocenters. The molecule has 0 aliphatic heterocycles. The molecule has 0 aliphatic rings. The molecule has 0 fully saturated rings. The second-order valence-corrected chi connectivity index (χ2v) is 2.96. The topological polar surface area (TPSA) is 46.2 Å². The van der Waals surface area contributed by atoms with Crippen LogP contribution in [0.4, 0.5) is 8.78 Å². The molecule has 0 bridgehead atoms. The zero-order valence-electron chi connectivity index (χ0n) is 7.01. The van der Waals surface area contributed by atoms with E-state index in [-0.39, 0.29) is 23.0 Å². The van der Waals surface area contributed by atoms with Crippen molar-refractivity contribution in [1.82, 2.24) is 0 Å². The Balaban J connectivity index is 0.00000169. The first-order valence-electron chi connectivity index (χ1n) is 3.56. The second-order valence-electron chi connectivity index (χ2n) is 2.55. The molecular weight excluding hydrogens is 235 g/mol. The van der Waals surface area contributed by atoms with E-state index in [0.717, 1.165) is 6.07 Å². The number of rotatable bonds is 2. The molecule has 3 N–H and O–H groups in total. The fraction of sp³-hybridized carbons (Fsp3) is 0.250. The van der Waals surface area contributed by atoms with Crippen LogP contribution in [0.3, 0.4) is 0 Å². The van der Waals surface area contributed by atoms with E-state index >= 15 is 0 Å². The van der Waals surface area contributed by atoms with E-state index in [4.69, 9.17) is 17.3 Å². The normalized spacial score (nSPS) is 12.0. The summed E-state index contributed by atoms with van der Waals surface area (Å²) >= 11 is 5.60. The summed E-state index contributed by atoms with van der Waals surface area (Å²) < 4.78 is 24.9. The molecule has 6 heteroatoms. The van der Waals surface area contributed by atoms with Gasteiger partial charge in [-0.2, -0.15) is 0 Å². The van der Waals surface area contributed by atoms with E-state index in [0.29, 0.717) is 0 Å². The monoisotopic (exact) mass is 243 g/mol. The van der Waals surface area contributed by atoms with Crippen molar-refractivity contribution >= 4 is 24.0 Å². The average Bonchev–Trinajstić information content (AvgIpc) is 2.12. The fourth-order valence-corrected chi connectivity index (χ4v) is 1.28. The predicted octanol–water partition coefficient (Wildman–Crippen LogP) is 2.58. The van der Waals surface area contributed by atoms with Crippen molar-refractivity contribution in [1.29, 1.82) is 0 Å². The number of halogens is 4. The summed E-state index contributed by atoms with van der Waals surface area (Å²) in [6.45, 7) is -0.906. The van der Waals surface area contributed by atoms with Gasteiger partial charge in [-0.3, -0.25) is 0 Å². The van der Waals surface area contributed by atoms with Gasteiger partial charge in [0.1, 0.15) is 6.67 Å².